The molecule has 0 unspecified atom stereocenters. The number of nitrogens with zero attached hydrogens (tertiary/aromatic N) is 2. The van der Waals surface area contributed by atoms with Gasteiger partial charge in [-0.3, -0.25) is 9.78 Å². The Labute approximate surface area is 122 Å². The number of ether oxygens (including phenoxy) is 1. The highest BCUT2D eigenvalue weighted by molar-refractivity contribution is 5.92. The number of rotatable bonds is 6. The Hall–Kier alpha value is -2.67. The maximum Gasteiger partial charge on any atom is 0.271 e. The van der Waals surface area contributed by atoms with E-state index < -0.39 is 0 Å². The molecule has 0 atom stereocenters. The van der Waals surface area contributed by atoms with E-state index in [2.05, 4.69) is 20.7 Å². The first kappa shape index (κ1) is 14.7. The molecular formula is C14H17N5O2. The van der Waals surface area contributed by atoms with Crippen molar-refractivity contribution in [1.82, 2.24) is 15.3 Å². The van der Waals surface area contributed by atoms with E-state index in [4.69, 9.17) is 10.6 Å². The van der Waals surface area contributed by atoms with Crippen molar-refractivity contribution in [2.45, 2.75) is 6.42 Å². The summed E-state index contributed by atoms with van der Waals surface area (Å²) < 4.78 is 5.26. The summed E-state index contributed by atoms with van der Waals surface area (Å²) >= 11 is 0. The quantitative estimate of drug-likeness (QED) is 0.535. The van der Waals surface area contributed by atoms with E-state index in [1.54, 1.807) is 7.11 Å². The predicted molar refractivity (Wildman–Crippen MR) is 78.9 cm³/mol. The smallest absolute Gasteiger partial charge is 0.271 e. The molecule has 0 aliphatic rings. The molecule has 1 heterocycles. The molecule has 1 aromatic carbocycles. The topological polar surface area (TPSA) is 102 Å². The number of hydrogen-bond donors (Lipinski definition) is 3. The minimum Gasteiger partial charge on any atom is -0.496 e. The lowest BCUT2D eigenvalue weighted by Gasteiger charge is -2.09. The van der Waals surface area contributed by atoms with Gasteiger partial charge < -0.3 is 15.5 Å². The van der Waals surface area contributed by atoms with Gasteiger partial charge in [0.25, 0.3) is 5.91 Å². The number of methoxy groups -OCH3 is 1. The molecule has 0 aliphatic carbocycles. The molecule has 4 N–H and O–H groups in total. The largest absolute Gasteiger partial charge is 0.496 e. The van der Waals surface area contributed by atoms with Crippen molar-refractivity contribution in [3.8, 4) is 5.75 Å². The number of anilines is 1. The minimum atomic E-state index is -0.297. The van der Waals surface area contributed by atoms with Crippen LogP contribution >= 0.6 is 0 Å². The summed E-state index contributed by atoms with van der Waals surface area (Å²) in [5.41, 5.74) is 3.59. The van der Waals surface area contributed by atoms with Crippen molar-refractivity contribution in [2.24, 2.45) is 5.84 Å². The van der Waals surface area contributed by atoms with Crippen LogP contribution in [0.15, 0.2) is 36.7 Å². The molecule has 0 bridgehead atoms. The normalized spacial score (nSPS) is 10.0. The van der Waals surface area contributed by atoms with Crippen molar-refractivity contribution in [3.05, 3.63) is 47.9 Å². The number of nitrogen functional groups attached to an aromatic ring is 1. The molecule has 1 aromatic heterocycles. The van der Waals surface area contributed by atoms with Crippen LogP contribution in [0.1, 0.15) is 16.1 Å². The van der Waals surface area contributed by atoms with Crippen LogP contribution in [0.3, 0.4) is 0 Å². The van der Waals surface area contributed by atoms with E-state index in [0.717, 1.165) is 11.3 Å². The molecule has 0 saturated heterocycles. The van der Waals surface area contributed by atoms with Gasteiger partial charge >= 0.3 is 0 Å². The Kier molecular flexibility index (Phi) is 5.05. The van der Waals surface area contributed by atoms with E-state index in [1.807, 2.05) is 24.3 Å². The second kappa shape index (κ2) is 7.20. The van der Waals surface area contributed by atoms with Crippen molar-refractivity contribution in [2.75, 3.05) is 19.1 Å². The van der Waals surface area contributed by atoms with Gasteiger partial charge in [0.2, 0.25) is 0 Å². The summed E-state index contributed by atoms with van der Waals surface area (Å²) in [4.78, 5) is 19.8. The number of nitrogens with two attached hydrogens (primary N) is 1. The number of carbonyl (C=O) groups excluding carboxylic acids is 1. The summed E-state index contributed by atoms with van der Waals surface area (Å²) in [5, 5.41) is 2.78. The maximum atomic E-state index is 11.9. The zero-order valence-corrected chi connectivity index (χ0v) is 11.7. The Morgan fingerprint density at radius 2 is 2.14 bits per heavy atom. The number of benzene rings is 1. The number of aromatic nitrogens is 2. The van der Waals surface area contributed by atoms with E-state index >= 15 is 0 Å². The van der Waals surface area contributed by atoms with E-state index in [0.29, 0.717) is 18.8 Å². The average molecular weight is 287 g/mol. The molecule has 110 valence electrons. The summed E-state index contributed by atoms with van der Waals surface area (Å²) in [6.45, 7) is 0.473. The molecule has 0 spiro atoms. The Bertz CT molecular complexity index is 618. The molecule has 1 amide bonds. The first-order chi connectivity index (χ1) is 10.2. The van der Waals surface area contributed by atoms with Crippen molar-refractivity contribution in [1.29, 1.82) is 0 Å². The summed E-state index contributed by atoms with van der Waals surface area (Å²) in [7, 11) is 1.62. The van der Waals surface area contributed by atoms with Crippen molar-refractivity contribution in [3.63, 3.8) is 0 Å². The molecule has 0 fully saturated rings. The summed E-state index contributed by atoms with van der Waals surface area (Å²) in [6.07, 6.45) is 3.49. The lowest BCUT2D eigenvalue weighted by atomic mass is 10.1. The van der Waals surface area contributed by atoms with Crippen LogP contribution in [0.2, 0.25) is 0 Å². The molecule has 0 radical (unpaired) electrons. The first-order valence-electron chi connectivity index (χ1n) is 6.43. The molecule has 2 rings (SSSR count). The van der Waals surface area contributed by atoms with Gasteiger partial charge in [0.05, 0.1) is 19.5 Å². The average Bonchev–Trinajstić information content (AvgIpc) is 2.55. The third kappa shape index (κ3) is 3.90. The maximum absolute atomic E-state index is 11.9. The zero-order chi connectivity index (χ0) is 15.1. The van der Waals surface area contributed by atoms with Crippen LogP contribution in [0.4, 0.5) is 5.82 Å². The third-order valence-electron chi connectivity index (χ3n) is 2.89. The fourth-order valence-electron chi connectivity index (χ4n) is 1.86. The third-order valence-corrected chi connectivity index (χ3v) is 2.89. The van der Waals surface area contributed by atoms with Crippen molar-refractivity contribution < 1.29 is 9.53 Å². The van der Waals surface area contributed by atoms with E-state index in [1.165, 1.54) is 12.4 Å². The Balaban J connectivity index is 1.92. The molecule has 7 heteroatoms. The van der Waals surface area contributed by atoms with Crippen LogP contribution in [-0.4, -0.2) is 29.5 Å². The molecule has 0 aliphatic heterocycles. The molecule has 2 aromatic rings. The minimum absolute atomic E-state index is 0.213. The monoisotopic (exact) mass is 287 g/mol. The van der Waals surface area contributed by atoms with E-state index in [9.17, 15) is 4.79 Å². The highest BCUT2D eigenvalue weighted by atomic mass is 16.5. The van der Waals surface area contributed by atoms with Gasteiger partial charge in [-0.15, -0.1) is 0 Å². The molecule has 21 heavy (non-hydrogen) atoms. The second-order valence-electron chi connectivity index (χ2n) is 4.25. The molecular weight excluding hydrogens is 270 g/mol. The van der Waals surface area contributed by atoms with Gasteiger partial charge in [-0.2, -0.15) is 0 Å². The number of carbonyl (C=O) groups is 1. The zero-order valence-electron chi connectivity index (χ0n) is 11.7. The standard InChI is InChI=1S/C14H17N5O2/c1-21-12-5-3-2-4-10(12)6-7-17-14(20)11-8-16-9-13(18-11)19-15/h2-5,8-9H,6-7,15H2,1H3,(H,17,20)(H,18,19). The van der Waals surface area contributed by atoms with Crippen LogP contribution in [0.25, 0.3) is 0 Å². The lowest BCUT2D eigenvalue weighted by Crippen LogP contribution is -2.27. The number of hydrogen-bond acceptors (Lipinski definition) is 6. The number of amides is 1. The van der Waals surface area contributed by atoms with Gasteiger partial charge in [-0.1, -0.05) is 18.2 Å². The van der Waals surface area contributed by atoms with Crippen molar-refractivity contribution >= 4 is 11.7 Å². The van der Waals surface area contributed by atoms with E-state index in [-0.39, 0.29) is 11.6 Å². The predicted octanol–water partition coefficient (Wildman–Crippen LogP) is 0.743. The van der Waals surface area contributed by atoms with Crippen LogP contribution in [0.5, 0.6) is 5.75 Å². The van der Waals surface area contributed by atoms with Crippen LogP contribution in [-0.2, 0) is 6.42 Å². The first-order valence-corrected chi connectivity index (χ1v) is 6.43. The van der Waals surface area contributed by atoms with Gasteiger partial charge in [-0.25, -0.2) is 10.8 Å². The second-order valence-corrected chi connectivity index (χ2v) is 4.25. The highest BCUT2D eigenvalue weighted by Gasteiger charge is 2.09. The fraction of sp³-hybridized carbons (Fsp3) is 0.214. The number of para-hydroxylation sites is 1. The number of nitrogens with one attached hydrogen (secondary N) is 2. The lowest BCUT2D eigenvalue weighted by molar-refractivity contribution is 0.0949. The summed E-state index contributed by atoms with van der Waals surface area (Å²) in [6, 6.07) is 7.69. The molecule has 0 saturated carbocycles. The van der Waals surface area contributed by atoms with Gasteiger partial charge in [0.15, 0.2) is 5.82 Å². The van der Waals surface area contributed by atoms with Gasteiger partial charge in [0, 0.05) is 6.54 Å². The van der Waals surface area contributed by atoms with Crippen LogP contribution in [0, 0.1) is 0 Å². The Morgan fingerprint density at radius 3 is 2.90 bits per heavy atom. The Morgan fingerprint density at radius 1 is 1.33 bits per heavy atom. The van der Waals surface area contributed by atoms with Gasteiger partial charge in [0.1, 0.15) is 11.4 Å². The van der Waals surface area contributed by atoms with Crippen LogP contribution < -0.4 is 21.3 Å². The fourth-order valence-corrected chi connectivity index (χ4v) is 1.86. The number of hydrazine groups is 1. The SMILES string of the molecule is COc1ccccc1CCNC(=O)c1cncc(NN)n1. The van der Waals surface area contributed by atoms with Gasteiger partial charge in [-0.05, 0) is 18.1 Å². The highest BCUT2D eigenvalue weighted by Crippen LogP contribution is 2.17. The summed E-state index contributed by atoms with van der Waals surface area (Å²) in [5.74, 6) is 6.08. The molecule has 7 nitrogen and oxygen atoms in total.